The van der Waals surface area contributed by atoms with Crippen LogP contribution in [0.1, 0.15) is 5.56 Å². The van der Waals surface area contributed by atoms with E-state index < -0.39 is 6.03 Å². The Bertz CT molecular complexity index is 920. The second-order valence-electron chi connectivity index (χ2n) is 5.18. The average Bonchev–Trinajstić information content (AvgIpc) is 2.58. The molecule has 0 aliphatic heterocycles. The lowest BCUT2D eigenvalue weighted by molar-refractivity contribution is 0.262. The molecule has 7 heteroatoms. The summed E-state index contributed by atoms with van der Waals surface area (Å²) in [5.74, 6) is 0.219. The van der Waals surface area contributed by atoms with Crippen LogP contribution in [-0.2, 0) is 0 Å². The number of fused-ring (bicyclic) bond motifs is 1. The summed E-state index contributed by atoms with van der Waals surface area (Å²) in [5.41, 5.74) is 12.9. The Labute approximate surface area is 138 Å². The van der Waals surface area contributed by atoms with Gasteiger partial charge in [0.15, 0.2) is 0 Å². The summed E-state index contributed by atoms with van der Waals surface area (Å²) in [5, 5.41) is 14.5. The number of urea groups is 1. The van der Waals surface area contributed by atoms with Crippen LogP contribution in [0.2, 0.25) is 0 Å². The van der Waals surface area contributed by atoms with E-state index in [0.29, 0.717) is 16.9 Å². The third-order valence-corrected chi connectivity index (χ3v) is 3.52. The van der Waals surface area contributed by atoms with Crippen molar-refractivity contribution in [3.05, 3.63) is 60.3 Å². The highest BCUT2D eigenvalue weighted by atomic mass is 16.2. The van der Waals surface area contributed by atoms with Crippen molar-refractivity contribution in [2.24, 2.45) is 5.73 Å². The van der Waals surface area contributed by atoms with Gasteiger partial charge in [0.2, 0.25) is 0 Å². The first kappa shape index (κ1) is 15.3. The Kier molecular flexibility index (Phi) is 3.98. The van der Waals surface area contributed by atoms with Gasteiger partial charge in [-0.3, -0.25) is 5.41 Å². The molecule has 1 heterocycles. The number of nitrogens with two attached hydrogens (primary N) is 2. The van der Waals surface area contributed by atoms with Crippen molar-refractivity contribution in [2.45, 2.75) is 0 Å². The number of benzene rings is 2. The van der Waals surface area contributed by atoms with Crippen LogP contribution in [0.25, 0.3) is 10.8 Å². The van der Waals surface area contributed by atoms with E-state index in [2.05, 4.69) is 15.6 Å². The maximum Gasteiger partial charge on any atom is 0.323 e. The minimum absolute atomic E-state index is 0.0272. The first-order chi connectivity index (χ1) is 11.5. The van der Waals surface area contributed by atoms with Crippen molar-refractivity contribution in [2.75, 3.05) is 16.4 Å². The molecule has 2 aromatic carbocycles. The van der Waals surface area contributed by atoms with Gasteiger partial charge in [0.1, 0.15) is 11.7 Å². The molecule has 0 aliphatic carbocycles. The lowest BCUT2D eigenvalue weighted by Crippen LogP contribution is -2.20. The van der Waals surface area contributed by atoms with Gasteiger partial charge in [-0.15, -0.1) is 0 Å². The van der Waals surface area contributed by atoms with Gasteiger partial charge in [0, 0.05) is 28.2 Å². The highest BCUT2D eigenvalue weighted by Gasteiger charge is 2.10. The molecule has 0 unspecified atom stereocenters. The third kappa shape index (κ3) is 3.09. The molecule has 0 spiro atoms. The monoisotopic (exact) mass is 320 g/mol. The maximum absolute atomic E-state index is 12.2. The van der Waals surface area contributed by atoms with Crippen molar-refractivity contribution in [3.8, 4) is 0 Å². The van der Waals surface area contributed by atoms with Gasteiger partial charge < -0.3 is 22.1 Å². The summed E-state index contributed by atoms with van der Waals surface area (Å²) in [6.45, 7) is 0. The molecule has 7 N–H and O–H groups in total. The van der Waals surface area contributed by atoms with Crippen LogP contribution in [-0.4, -0.2) is 16.9 Å². The highest BCUT2D eigenvalue weighted by Crippen LogP contribution is 2.27. The molecule has 0 aliphatic rings. The summed E-state index contributed by atoms with van der Waals surface area (Å²) >= 11 is 0. The summed E-state index contributed by atoms with van der Waals surface area (Å²) in [6, 6.07) is 13.7. The number of anilines is 3. The fourth-order valence-corrected chi connectivity index (χ4v) is 2.32. The molecule has 0 atom stereocenters. The van der Waals surface area contributed by atoms with E-state index in [1.165, 1.54) is 0 Å². The smallest absolute Gasteiger partial charge is 0.323 e. The van der Waals surface area contributed by atoms with Crippen LogP contribution in [0.5, 0.6) is 0 Å². The van der Waals surface area contributed by atoms with E-state index in [4.69, 9.17) is 16.9 Å². The number of carbonyl (C=O) groups excluding carboxylic acids is 1. The van der Waals surface area contributed by atoms with Crippen LogP contribution in [0.4, 0.5) is 22.0 Å². The summed E-state index contributed by atoms with van der Waals surface area (Å²) in [7, 11) is 0. The van der Waals surface area contributed by atoms with Gasteiger partial charge in [0.05, 0.1) is 5.69 Å². The lowest BCUT2D eigenvalue weighted by Gasteiger charge is -2.12. The van der Waals surface area contributed by atoms with Gasteiger partial charge in [0.25, 0.3) is 0 Å². The number of hydrogen-bond acceptors (Lipinski definition) is 4. The van der Waals surface area contributed by atoms with Gasteiger partial charge in [-0.25, -0.2) is 9.78 Å². The van der Waals surface area contributed by atoms with E-state index >= 15 is 0 Å². The number of nitrogens with zero attached hydrogens (tertiary/aromatic N) is 1. The van der Waals surface area contributed by atoms with Gasteiger partial charge in [-0.05, 0) is 24.3 Å². The van der Waals surface area contributed by atoms with Crippen molar-refractivity contribution >= 4 is 39.8 Å². The minimum atomic E-state index is -0.435. The van der Waals surface area contributed by atoms with Crippen molar-refractivity contribution in [1.82, 2.24) is 4.98 Å². The fraction of sp³-hybridized carbons (Fsp3) is 0. The maximum atomic E-state index is 12.2. The first-order valence-corrected chi connectivity index (χ1v) is 7.20. The zero-order valence-electron chi connectivity index (χ0n) is 12.7. The summed E-state index contributed by atoms with van der Waals surface area (Å²) in [4.78, 5) is 16.3. The zero-order chi connectivity index (χ0) is 17.1. The Morgan fingerprint density at radius 1 is 1.04 bits per heavy atom. The number of amidine groups is 1. The van der Waals surface area contributed by atoms with Crippen molar-refractivity contribution < 1.29 is 4.79 Å². The molecule has 3 aromatic rings. The Hall–Kier alpha value is -3.61. The van der Waals surface area contributed by atoms with Crippen molar-refractivity contribution in [1.29, 1.82) is 5.41 Å². The molecule has 1 aromatic heterocycles. The zero-order valence-corrected chi connectivity index (χ0v) is 12.7. The molecule has 0 radical (unpaired) electrons. The van der Waals surface area contributed by atoms with Gasteiger partial charge in [-0.2, -0.15) is 0 Å². The number of pyridine rings is 1. The summed E-state index contributed by atoms with van der Waals surface area (Å²) < 4.78 is 0. The topological polar surface area (TPSA) is 130 Å². The molecule has 120 valence electrons. The fourth-order valence-electron chi connectivity index (χ4n) is 2.32. The van der Waals surface area contributed by atoms with Crippen LogP contribution in [0.3, 0.4) is 0 Å². The molecule has 24 heavy (non-hydrogen) atoms. The van der Waals surface area contributed by atoms with Crippen LogP contribution < -0.4 is 22.1 Å². The number of nitrogens with one attached hydrogen (secondary N) is 3. The molecular formula is C17H16N6O. The number of amides is 2. The molecular weight excluding hydrogens is 304 g/mol. The van der Waals surface area contributed by atoms with E-state index in [1.54, 1.807) is 30.5 Å². The van der Waals surface area contributed by atoms with Gasteiger partial charge >= 0.3 is 6.03 Å². The standard InChI is InChI=1S/C17H16N6O/c18-15(19)10-5-7-12(8-6-10)22-17(24)23-14-13-4-2-1-3-11(13)9-21-16(14)20/h1-9H,(H3,18,19)(H2,20,21)(H2,22,23,24). The molecule has 0 saturated carbocycles. The second kappa shape index (κ2) is 6.25. The predicted octanol–water partition coefficient (Wildman–Crippen LogP) is 2.75. The molecule has 3 rings (SSSR count). The van der Waals surface area contributed by atoms with E-state index in [1.807, 2.05) is 24.3 Å². The Morgan fingerprint density at radius 2 is 1.75 bits per heavy atom. The quantitative estimate of drug-likeness (QED) is 0.375. The molecule has 0 saturated heterocycles. The number of nitrogen functional groups attached to an aromatic ring is 2. The number of carbonyl (C=O) groups is 1. The summed E-state index contributed by atoms with van der Waals surface area (Å²) in [6.07, 6.45) is 1.66. The SMILES string of the molecule is N=C(N)c1ccc(NC(=O)Nc2c(N)ncc3ccccc23)cc1. The van der Waals surface area contributed by atoms with Crippen LogP contribution in [0.15, 0.2) is 54.7 Å². The first-order valence-electron chi connectivity index (χ1n) is 7.20. The second-order valence-corrected chi connectivity index (χ2v) is 5.18. The molecule has 0 fully saturated rings. The molecule has 7 nitrogen and oxygen atoms in total. The third-order valence-electron chi connectivity index (χ3n) is 3.52. The number of rotatable bonds is 3. The Balaban J connectivity index is 1.80. The predicted molar refractivity (Wildman–Crippen MR) is 96.3 cm³/mol. The minimum Gasteiger partial charge on any atom is -0.384 e. The van der Waals surface area contributed by atoms with E-state index in [0.717, 1.165) is 10.8 Å². The van der Waals surface area contributed by atoms with Crippen LogP contribution in [0, 0.1) is 5.41 Å². The number of hydrogen-bond donors (Lipinski definition) is 5. The van der Waals surface area contributed by atoms with E-state index in [-0.39, 0.29) is 11.7 Å². The van der Waals surface area contributed by atoms with Gasteiger partial charge in [-0.1, -0.05) is 24.3 Å². The average molecular weight is 320 g/mol. The molecule has 2 amide bonds. The number of aromatic nitrogens is 1. The van der Waals surface area contributed by atoms with Crippen molar-refractivity contribution in [3.63, 3.8) is 0 Å². The molecule has 0 bridgehead atoms. The Morgan fingerprint density at radius 3 is 2.46 bits per heavy atom. The van der Waals surface area contributed by atoms with E-state index in [9.17, 15) is 4.79 Å². The normalized spacial score (nSPS) is 10.3. The lowest BCUT2D eigenvalue weighted by atomic mass is 10.1. The largest absolute Gasteiger partial charge is 0.384 e. The highest BCUT2D eigenvalue weighted by molar-refractivity contribution is 6.08. The van der Waals surface area contributed by atoms with Crippen LogP contribution >= 0.6 is 0 Å².